The van der Waals surface area contributed by atoms with Crippen molar-refractivity contribution in [1.82, 2.24) is 5.32 Å². The Morgan fingerprint density at radius 2 is 2.31 bits per heavy atom. The smallest absolute Gasteiger partial charge is 0.251 e. The Kier molecular flexibility index (Phi) is 4.41. The molecule has 0 unspecified atom stereocenters. The van der Waals surface area contributed by atoms with E-state index < -0.39 is 0 Å². The standard InChI is InChI=1S/C13H15NO2/c1-3-4-5-8-14-13(16)11-6-7-12(15)10(2)9-11/h1,6-7,9,15H,4-5,8H2,2H3,(H,14,16). The zero-order chi connectivity index (χ0) is 12.0. The van der Waals surface area contributed by atoms with Crippen LogP contribution in [0.1, 0.15) is 28.8 Å². The van der Waals surface area contributed by atoms with Crippen LogP contribution in [0.3, 0.4) is 0 Å². The maximum Gasteiger partial charge on any atom is 0.251 e. The summed E-state index contributed by atoms with van der Waals surface area (Å²) in [6.07, 6.45) is 6.54. The van der Waals surface area contributed by atoms with Crippen LogP contribution in [0.5, 0.6) is 5.75 Å². The molecule has 0 heterocycles. The Morgan fingerprint density at radius 3 is 2.94 bits per heavy atom. The van der Waals surface area contributed by atoms with E-state index in [1.54, 1.807) is 19.1 Å². The number of unbranched alkanes of at least 4 members (excludes halogenated alkanes) is 1. The van der Waals surface area contributed by atoms with E-state index in [1.165, 1.54) is 6.07 Å². The zero-order valence-electron chi connectivity index (χ0n) is 9.29. The predicted octanol–water partition coefficient (Wildman–Crippen LogP) is 1.84. The number of carbonyl (C=O) groups excluding carboxylic acids is 1. The van der Waals surface area contributed by atoms with Gasteiger partial charge in [0.15, 0.2) is 0 Å². The molecule has 0 aliphatic heterocycles. The molecule has 1 rings (SSSR count). The molecule has 0 aromatic heterocycles. The zero-order valence-corrected chi connectivity index (χ0v) is 9.29. The summed E-state index contributed by atoms with van der Waals surface area (Å²) < 4.78 is 0. The number of aromatic hydroxyl groups is 1. The Labute approximate surface area is 95.5 Å². The fourth-order valence-corrected chi connectivity index (χ4v) is 1.29. The van der Waals surface area contributed by atoms with Gasteiger partial charge in [0, 0.05) is 18.5 Å². The SMILES string of the molecule is C#CCCCNC(=O)c1ccc(O)c(C)c1. The first-order valence-corrected chi connectivity index (χ1v) is 5.16. The van der Waals surface area contributed by atoms with Gasteiger partial charge in [-0.15, -0.1) is 12.3 Å². The minimum atomic E-state index is -0.139. The van der Waals surface area contributed by atoms with Crippen LogP contribution in [0.4, 0.5) is 0 Å². The van der Waals surface area contributed by atoms with Gasteiger partial charge in [-0.2, -0.15) is 0 Å². The summed E-state index contributed by atoms with van der Waals surface area (Å²) in [4.78, 5) is 11.6. The van der Waals surface area contributed by atoms with Gasteiger partial charge in [-0.25, -0.2) is 0 Å². The average molecular weight is 217 g/mol. The van der Waals surface area contributed by atoms with Crippen LogP contribution in [0.2, 0.25) is 0 Å². The van der Waals surface area contributed by atoms with E-state index in [2.05, 4.69) is 11.2 Å². The van der Waals surface area contributed by atoms with Gasteiger partial charge >= 0.3 is 0 Å². The summed E-state index contributed by atoms with van der Waals surface area (Å²) in [6, 6.07) is 4.77. The molecule has 3 heteroatoms. The Balaban J connectivity index is 2.53. The predicted molar refractivity (Wildman–Crippen MR) is 63.2 cm³/mol. The molecule has 0 saturated heterocycles. The number of rotatable bonds is 4. The number of hydrogen-bond donors (Lipinski definition) is 2. The molecular weight excluding hydrogens is 202 g/mol. The largest absolute Gasteiger partial charge is 0.508 e. The van der Waals surface area contributed by atoms with E-state index in [0.717, 1.165) is 6.42 Å². The fraction of sp³-hybridized carbons (Fsp3) is 0.308. The lowest BCUT2D eigenvalue weighted by Crippen LogP contribution is -2.24. The number of carbonyl (C=O) groups is 1. The third-order valence-corrected chi connectivity index (χ3v) is 2.24. The van der Waals surface area contributed by atoms with Crippen molar-refractivity contribution in [1.29, 1.82) is 0 Å². The normalized spacial score (nSPS) is 9.50. The third kappa shape index (κ3) is 3.32. The first-order valence-electron chi connectivity index (χ1n) is 5.16. The third-order valence-electron chi connectivity index (χ3n) is 2.24. The van der Waals surface area contributed by atoms with Gasteiger partial charge in [0.05, 0.1) is 0 Å². The van der Waals surface area contributed by atoms with Gasteiger partial charge in [0.1, 0.15) is 5.75 Å². The Bertz CT molecular complexity index is 418. The van der Waals surface area contributed by atoms with Crippen LogP contribution in [0, 0.1) is 19.3 Å². The van der Waals surface area contributed by atoms with Crippen LogP contribution in [-0.4, -0.2) is 17.6 Å². The molecular formula is C13H15NO2. The first kappa shape index (κ1) is 12.1. The van der Waals surface area contributed by atoms with Crippen molar-refractivity contribution < 1.29 is 9.90 Å². The van der Waals surface area contributed by atoms with E-state index in [4.69, 9.17) is 6.42 Å². The van der Waals surface area contributed by atoms with Crippen molar-refractivity contribution in [3.63, 3.8) is 0 Å². The summed E-state index contributed by atoms with van der Waals surface area (Å²) in [5.74, 6) is 2.57. The quantitative estimate of drug-likeness (QED) is 0.597. The van der Waals surface area contributed by atoms with Crippen molar-refractivity contribution in [2.75, 3.05) is 6.54 Å². The number of phenolic OH excluding ortho intramolecular Hbond substituents is 1. The number of nitrogens with one attached hydrogen (secondary N) is 1. The molecule has 1 aromatic carbocycles. The molecule has 0 aliphatic rings. The van der Waals surface area contributed by atoms with Crippen LogP contribution >= 0.6 is 0 Å². The molecule has 1 aromatic rings. The fourth-order valence-electron chi connectivity index (χ4n) is 1.29. The number of benzene rings is 1. The van der Waals surface area contributed by atoms with Gasteiger partial charge in [0.2, 0.25) is 0 Å². The summed E-state index contributed by atoms with van der Waals surface area (Å²) >= 11 is 0. The number of phenols is 1. The second kappa shape index (κ2) is 5.82. The monoisotopic (exact) mass is 217 g/mol. The topological polar surface area (TPSA) is 49.3 Å². The summed E-state index contributed by atoms with van der Waals surface area (Å²) in [6.45, 7) is 2.33. The van der Waals surface area contributed by atoms with E-state index in [0.29, 0.717) is 24.1 Å². The van der Waals surface area contributed by atoms with Gasteiger partial charge < -0.3 is 10.4 Å². The molecule has 0 aliphatic carbocycles. The lowest BCUT2D eigenvalue weighted by Gasteiger charge is -2.05. The van der Waals surface area contributed by atoms with E-state index in [-0.39, 0.29) is 11.7 Å². The van der Waals surface area contributed by atoms with Crippen molar-refractivity contribution in [2.24, 2.45) is 0 Å². The molecule has 16 heavy (non-hydrogen) atoms. The van der Waals surface area contributed by atoms with E-state index in [9.17, 15) is 9.90 Å². The van der Waals surface area contributed by atoms with E-state index in [1.807, 2.05) is 0 Å². The molecule has 0 saturated carbocycles. The minimum absolute atomic E-state index is 0.139. The van der Waals surface area contributed by atoms with E-state index >= 15 is 0 Å². The van der Waals surface area contributed by atoms with Gasteiger partial charge in [-0.3, -0.25) is 4.79 Å². The summed E-state index contributed by atoms with van der Waals surface area (Å²) in [5, 5.41) is 12.1. The average Bonchev–Trinajstić information content (AvgIpc) is 2.28. The summed E-state index contributed by atoms with van der Waals surface area (Å²) in [5.41, 5.74) is 1.24. The molecule has 0 bridgehead atoms. The first-order chi connectivity index (χ1) is 7.65. The molecule has 0 spiro atoms. The molecule has 0 radical (unpaired) electrons. The second-order valence-corrected chi connectivity index (χ2v) is 3.56. The highest BCUT2D eigenvalue weighted by Crippen LogP contribution is 2.16. The lowest BCUT2D eigenvalue weighted by atomic mass is 10.1. The van der Waals surface area contributed by atoms with Crippen LogP contribution in [-0.2, 0) is 0 Å². The number of terminal acetylenes is 1. The van der Waals surface area contributed by atoms with Crippen molar-refractivity contribution in [3.05, 3.63) is 29.3 Å². The van der Waals surface area contributed by atoms with Crippen molar-refractivity contribution in [2.45, 2.75) is 19.8 Å². The highest BCUT2D eigenvalue weighted by atomic mass is 16.3. The maximum absolute atomic E-state index is 11.6. The molecule has 3 nitrogen and oxygen atoms in total. The second-order valence-electron chi connectivity index (χ2n) is 3.56. The number of amides is 1. The molecule has 0 fully saturated rings. The maximum atomic E-state index is 11.6. The Morgan fingerprint density at radius 1 is 1.56 bits per heavy atom. The lowest BCUT2D eigenvalue weighted by molar-refractivity contribution is 0.0953. The van der Waals surface area contributed by atoms with Crippen LogP contribution < -0.4 is 5.32 Å². The highest BCUT2D eigenvalue weighted by Gasteiger charge is 2.06. The number of aryl methyl sites for hydroxylation is 1. The molecule has 1 amide bonds. The van der Waals surface area contributed by atoms with Gasteiger partial charge in [-0.05, 0) is 37.1 Å². The van der Waals surface area contributed by atoms with Crippen LogP contribution in [0.25, 0.3) is 0 Å². The number of hydrogen-bond acceptors (Lipinski definition) is 2. The van der Waals surface area contributed by atoms with Gasteiger partial charge in [0.25, 0.3) is 5.91 Å². The molecule has 2 N–H and O–H groups in total. The van der Waals surface area contributed by atoms with Gasteiger partial charge in [-0.1, -0.05) is 0 Å². The van der Waals surface area contributed by atoms with Crippen molar-refractivity contribution in [3.8, 4) is 18.1 Å². The van der Waals surface area contributed by atoms with Crippen molar-refractivity contribution >= 4 is 5.91 Å². The minimum Gasteiger partial charge on any atom is -0.508 e. The Hall–Kier alpha value is -1.95. The highest BCUT2D eigenvalue weighted by molar-refractivity contribution is 5.94. The van der Waals surface area contributed by atoms with Crippen LogP contribution in [0.15, 0.2) is 18.2 Å². The summed E-state index contributed by atoms with van der Waals surface area (Å²) in [7, 11) is 0. The molecule has 84 valence electrons. The molecule has 0 atom stereocenters.